The molecule has 0 spiro atoms. The van der Waals surface area contributed by atoms with E-state index in [1.54, 1.807) is 17.2 Å². The molecule has 29 heavy (non-hydrogen) atoms. The molecule has 4 aromatic rings. The highest BCUT2D eigenvalue weighted by Crippen LogP contribution is 2.21. The number of rotatable bonds is 6. The maximum atomic E-state index is 12.9. The van der Waals surface area contributed by atoms with Crippen LogP contribution in [0.2, 0.25) is 0 Å². The van der Waals surface area contributed by atoms with Gasteiger partial charge in [0.1, 0.15) is 0 Å². The second-order valence-electron chi connectivity index (χ2n) is 6.96. The Morgan fingerprint density at radius 3 is 2.07 bits per heavy atom. The van der Waals surface area contributed by atoms with Crippen molar-refractivity contribution in [1.29, 1.82) is 0 Å². The molecule has 1 heterocycles. The van der Waals surface area contributed by atoms with Crippen molar-refractivity contribution in [2.75, 3.05) is 0 Å². The van der Waals surface area contributed by atoms with Gasteiger partial charge in [-0.1, -0.05) is 72.3 Å². The van der Waals surface area contributed by atoms with Crippen LogP contribution in [0.15, 0.2) is 91.3 Å². The standard InChI is InChI=1S/C24H22N4O/c1-18-7-9-19(10-8-18)20-11-13-22(14-12-20)24(29)27-23(17-28-25-15-16-26-28)21-5-3-2-4-6-21/h2-16,23H,17H2,1H3,(H,27,29). The van der Waals surface area contributed by atoms with Crippen molar-refractivity contribution in [3.8, 4) is 11.1 Å². The Bertz CT molecular complexity index is 1060. The normalized spacial score (nSPS) is 11.8. The molecule has 0 aliphatic carbocycles. The Kier molecular flexibility index (Phi) is 5.47. The molecule has 0 saturated carbocycles. The summed E-state index contributed by atoms with van der Waals surface area (Å²) in [6, 6.07) is 25.7. The third kappa shape index (κ3) is 4.58. The summed E-state index contributed by atoms with van der Waals surface area (Å²) in [5, 5.41) is 11.4. The summed E-state index contributed by atoms with van der Waals surface area (Å²) in [4.78, 5) is 14.5. The molecule has 1 amide bonds. The molecule has 0 radical (unpaired) electrons. The molecule has 1 aromatic heterocycles. The highest BCUT2D eigenvalue weighted by atomic mass is 16.1. The van der Waals surface area contributed by atoms with E-state index in [1.807, 2.05) is 54.6 Å². The third-order valence-electron chi connectivity index (χ3n) is 4.85. The summed E-state index contributed by atoms with van der Waals surface area (Å²) in [6.45, 7) is 2.53. The van der Waals surface area contributed by atoms with Crippen LogP contribution in [0.25, 0.3) is 11.1 Å². The molecule has 0 fully saturated rings. The van der Waals surface area contributed by atoms with Crippen molar-refractivity contribution in [3.63, 3.8) is 0 Å². The second-order valence-corrected chi connectivity index (χ2v) is 6.96. The van der Waals surface area contributed by atoms with Gasteiger partial charge in [0.25, 0.3) is 5.91 Å². The monoisotopic (exact) mass is 382 g/mol. The van der Waals surface area contributed by atoms with Crippen LogP contribution in [0.1, 0.15) is 27.5 Å². The molecule has 0 bridgehead atoms. The molecular formula is C24H22N4O. The van der Waals surface area contributed by atoms with E-state index in [1.165, 1.54) is 5.56 Å². The number of aryl methyl sites for hydroxylation is 1. The lowest BCUT2D eigenvalue weighted by Gasteiger charge is -2.19. The number of carbonyl (C=O) groups is 1. The molecular weight excluding hydrogens is 360 g/mol. The van der Waals surface area contributed by atoms with Gasteiger partial charge in [0.2, 0.25) is 0 Å². The minimum atomic E-state index is -0.229. The SMILES string of the molecule is Cc1ccc(-c2ccc(C(=O)NC(Cn3nccn3)c3ccccc3)cc2)cc1. The number of hydrogen-bond donors (Lipinski definition) is 1. The van der Waals surface area contributed by atoms with E-state index in [0.29, 0.717) is 12.1 Å². The van der Waals surface area contributed by atoms with Crippen LogP contribution in [0.3, 0.4) is 0 Å². The molecule has 1 atom stereocenters. The minimum absolute atomic E-state index is 0.124. The van der Waals surface area contributed by atoms with Crippen LogP contribution in [0, 0.1) is 6.92 Å². The van der Waals surface area contributed by atoms with Crippen LogP contribution >= 0.6 is 0 Å². The largest absolute Gasteiger partial charge is 0.343 e. The molecule has 5 nitrogen and oxygen atoms in total. The molecule has 144 valence electrons. The van der Waals surface area contributed by atoms with Crippen LogP contribution in [0.4, 0.5) is 0 Å². The van der Waals surface area contributed by atoms with Crippen LogP contribution in [-0.2, 0) is 6.54 Å². The topological polar surface area (TPSA) is 59.8 Å². The van der Waals surface area contributed by atoms with E-state index in [-0.39, 0.29) is 11.9 Å². The van der Waals surface area contributed by atoms with Gasteiger partial charge in [-0.3, -0.25) is 4.79 Å². The first-order valence-electron chi connectivity index (χ1n) is 9.56. The van der Waals surface area contributed by atoms with Gasteiger partial charge in [-0.25, -0.2) is 0 Å². The lowest BCUT2D eigenvalue weighted by Crippen LogP contribution is -2.32. The Morgan fingerprint density at radius 2 is 1.45 bits per heavy atom. The van der Waals surface area contributed by atoms with Crippen LogP contribution in [0.5, 0.6) is 0 Å². The number of hydrogen-bond acceptors (Lipinski definition) is 3. The van der Waals surface area contributed by atoms with Crippen molar-refractivity contribution < 1.29 is 4.79 Å². The zero-order valence-corrected chi connectivity index (χ0v) is 16.2. The predicted molar refractivity (Wildman–Crippen MR) is 113 cm³/mol. The smallest absolute Gasteiger partial charge is 0.251 e. The Hall–Kier alpha value is -3.73. The van der Waals surface area contributed by atoms with Gasteiger partial charge in [0, 0.05) is 5.56 Å². The molecule has 1 unspecified atom stereocenters. The van der Waals surface area contributed by atoms with E-state index in [9.17, 15) is 4.79 Å². The maximum Gasteiger partial charge on any atom is 0.251 e. The third-order valence-corrected chi connectivity index (χ3v) is 4.85. The second kappa shape index (κ2) is 8.52. The first-order chi connectivity index (χ1) is 14.2. The molecule has 3 aromatic carbocycles. The van der Waals surface area contributed by atoms with Crippen molar-refractivity contribution in [2.24, 2.45) is 0 Å². The van der Waals surface area contributed by atoms with Gasteiger partial charge in [-0.2, -0.15) is 15.0 Å². The molecule has 1 N–H and O–H groups in total. The van der Waals surface area contributed by atoms with Gasteiger partial charge < -0.3 is 5.32 Å². The fraction of sp³-hybridized carbons (Fsp3) is 0.125. The number of amides is 1. The molecule has 0 aliphatic heterocycles. The fourth-order valence-electron chi connectivity index (χ4n) is 3.22. The number of benzene rings is 3. The highest BCUT2D eigenvalue weighted by molar-refractivity contribution is 5.95. The van der Waals surface area contributed by atoms with Crippen LogP contribution in [-0.4, -0.2) is 20.9 Å². The molecule has 0 saturated heterocycles. The fourth-order valence-corrected chi connectivity index (χ4v) is 3.22. The number of carbonyl (C=O) groups excluding carboxylic acids is 1. The molecule has 5 heteroatoms. The van der Waals surface area contributed by atoms with Crippen molar-refractivity contribution >= 4 is 5.91 Å². The van der Waals surface area contributed by atoms with Crippen molar-refractivity contribution in [3.05, 3.63) is 108 Å². The summed E-state index contributed by atoms with van der Waals surface area (Å²) in [7, 11) is 0. The zero-order valence-electron chi connectivity index (χ0n) is 16.2. The lowest BCUT2D eigenvalue weighted by molar-refractivity contribution is 0.0931. The summed E-state index contributed by atoms with van der Waals surface area (Å²) in [5.74, 6) is -0.124. The minimum Gasteiger partial charge on any atom is -0.343 e. The zero-order chi connectivity index (χ0) is 20.1. The highest BCUT2D eigenvalue weighted by Gasteiger charge is 2.17. The Balaban J connectivity index is 1.52. The van der Waals surface area contributed by atoms with E-state index < -0.39 is 0 Å². The van der Waals surface area contributed by atoms with Gasteiger partial charge in [0.05, 0.1) is 25.0 Å². The van der Waals surface area contributed by atoms with Gasteiger partial charge in [0.15, 0.2) is 0 Å². The van der Waals surface area contributed by atoms with E-state index in [2.05, 4.69) is 46.7 Å². The van der Waals surface area contributed by atoms with Gasteiger partial charge >= 0.3 is 0 Å². The predicted octanol–water partition coefficient (Wildman–Crippen LogP) is 4.42. The summed E-state index contributed by atoms with van der Waals surface area (Å²) < 4.78 is 0. The van der Waals surface area contributed by atoms with E-state index in [4.69, 9.17) is 0 Å². The van der Waals surface area contributed by atoms with Crippen molar-refractivity contribution in [2.45, 2.75) is 19.5 Å². The number of nitrogens with one attached hydrogen (secondary N) is 1. The lowest BCUT2D eigenvalue weighted by atomic mass is 10.0. The molecule has 4 rings (SSSR count). The first kappa shape index (κ1) is 18.6. The van der Waals surface area contributed by atoms with Gasteiger partial charge in [-0.05, 0) is 35.7 Å². The summed E-state index contributed by atoms with van der Waals surface area (Å²) >= 11 is 0. The Labute approximate surface area is 170 Å². The number of aromatic nitrogens is 3. The number of nitrogens with zero attached hydrogens (tertiary/aromatic N) is 3. The van der Waals surface area contributed by atoms with E-state index >= 15 is 0 Å². The average molecular weight is 382 g/mol. The summed E-state index contributed by atoms with van der Waals surface area (Å²) in [5.41, 5.74) is 5.07. The summed E-state index contributed by atoms with van der Waals surface area (Å²) in [6.07, 6.45) is 3.27. The van der Waals surface area contributed by atoms with E-state index in [0.717, 1.165) is 16.7 Å². The maximum absolute atomic E-state index is 12.9. The van der Waals surface area contributed by atoms with Gasteiger partial charge in [-0.15, -0.1) is 0 Å². The molecule has 0 aliphatic rings. The quantitative estimate of drug-likeness (QED) is 0.537. The average Bonchev–Trinajstić information content (AvgIpc) is 3.28. The Morgan fingerprint density at radius 1 is 0.862 bits per heavy atom. The van der Waals surface area contributed by atoms with Crippen molar-refractivity contribution in [1.82, 2.24) is 20.3 Å². The van der Waals surface area contributed by atoms with Crippen LogP contribution < -0.4 is 5.32 Å². The first-order valence-corrected chi connectivity index (χ1v) is 9.56.